The van der Waals surface area contributed by atoms with Gasteiger partial charge in [0.05, 0.1) is 24.0 Å². The Labute approximate surface area is 155 Å². The first kappa shape index (κ1) is 16.7. The van der Waals surface area contributed by atoms with E-state index in [4.69, 9.17) is 0 Å². The number of nitrogens with zero attached hydrogens (tertiary/aromatic N) is 4. The first-order chi connectivity index (χ1) is 13.4. The number of hydrogen-bond donors (Lipinski definition) is 2. The highest BCUT2D eigenvalue weighted by Gasteiger charge is 2.43. The molecule has 3 aromatic heterocycles. The van der Waals surface area contributed by atoms with E-state index in [1.54, 1.807) is 12.1 Å². The van der Waals surface area contributed by atoms with E-state index in [9.17, 15) is 18.0 Å². The minimum atomic E-state index is -1.10. The summed E-state index contributed by atoms with van der Waals surface area (Å²) in [5.41, 5.74) is 1.30. The van der Waals surface area contributed by atoms with Crippen LogP contribution in [0.15, 0.2) is 24.5 Å². The van der Waals surface area contributed by atoms with Gasteiger partial charge in [-0.1, -0.05) is 0 Å². The molecule has 0 unspecified atom stereocenters. The number of benzene rings is 1. The van der Waals surface area contributed by atoms with Crippen molar-refractivity contribution in [2.45, 2.75) is 19.5 Å². The predicted molar refractivity (Wildman–Crippen MR) is 94.4 cm³/mol. The lowest BCUT2D eigenvalue weighted by molar-refractivity contribution is -0.117. The van der Waals surface area contributed by atoms with Crippen LogP contribution in [0.4, 0.5) is 19.0 Å². The van der Waals surface area contributed by atoms with E-state index >= 15 is 0 Å². The summed E-state index contributed by atoms with van der Waals surface area (Å²) >= 11 is 0. The summed E-state index contributed by atoms with van der Waals surface area (Å²) in [6.07, 6.45) is 2.01. The number of carbonyl (C=O) groups excluding carboxylic acids is 1. The number of nitrogens with one attached hydrogen (secondary N) is 2. The van der Waals surface area contributed by atoms with Gasteiger partial charge in [-0.2, -0.15) is 10.2 Å². The molecule has 0 radical (unpaired) electrons. The molecule has 1 aliphatic carbocycles. The molecule has 1 aromatic carbocycles. The van der Waals surface area contributed by atoms with Gasteiger partial charge in [0.2, 0.25) is 5.91 Å². The average molecular weight is 386 g/mol. The fourth-order valence-electron chi connectivity index (χ4n) is 3.29. The summed E-state index contributed by atoms with van der Waals surface area (Å²) in [6.45, 7) is 1.47. The van der Waals surface area contributed by atoms with Gasteiger partial charge >= 0.3 is 0 Å². The SMILES string of the molecule is Cc1c(F)c(F)c2[nH]ncc2c1-c1ccc2nc(NC(=O)[C@@H]3C[C@@H]3F)cn2n1. The summed E-state index contributed by atoms with van der Waals surface area (Å²) in [7, 11) is 0. The minimum absolute atomic E-state index is 0.0382. The Morgan fingerprint density at radius 2 is 2.11 bits per heavy atom. The van der Waals surface area contributed by atoms with E-state index in [-0.39, 0.29) is 23.3 Å². The van der Waals surface area contributed by atoms with E-state index in [1.165, 1.54) is 23.8 Å². The van der Waals surface area contributed by atoms with Crippen molar-refractivity contribution in [2.24, 2.45) is 5.92 Å². The van der Waals surface area contributed by atoms with E-state index in [2.05, 4.69) is 25.6 Å². The molecule has 1 aliphatic rings. The molecule has 0 saturated heterocycles. The zero-order valence-corrected chi connectivity index (χ0v) is 14.5. The summed E-state index contributed by atoms with van der Waals surface area (Å²) in [6, 6.07) is 3.26. The number of anilines is 1. The molecule has 4 aromatic rings. The molecule has 5 rings (SSSR count). The fourth-order valence-corrected chi connectivity index (χ4v) is 3.29. The number of imidazole rings is 1. The Kier molecular flexibility index (Phi) is 3.45. The van der Waals surface area contributed by atoms with Crippen LogP contribution in [-0.4, -0.2) is 36.9 Å². The third-order valence-electron chi connectivity index (χ3n) is 4.90. The van der Waals surface area contributed by atoms with Crippen LogP contribution in [0.25, 0.3) is 27.8 Å². The number of halogens is 3. The molecule has 0 bridgehead atoms. The van der Waals surface area contributed by atoms with Crippen LogP contribution in [0.2, 0.25) is 0 Å². The Morgan fingerprint density at radius 3 is 2.86 bits per heavy atom. The molecule has 7 nitrogen and oxygen atoms in total. The quantitative estimate of drug-likeness (QED) is 0.566. The van der Waals surface area contributed by atoms with Gasteiger partial charge in [-0.3, -0.25) is 9.89 Å². The molecule has 142 valence electrons. The molecular weight excluding hydrogens is 373 g/mol. The zero-order chi connectivity index (χ0) is 19.6. The second-order valence-electron chi connectivity index (χ2n) is 6.78. The lowest BCUT2D eigenvalue weighted by Gasteiger charge is -2.09. The molecule has 10 heteroatoms. The van der Waals surface area contributed by atoms with Crippen molar-refractivity contribution >= 4 is 28.3 Å². The Bertz CT molecular complexity index is 1260. The molecule has 3 heterocycles. The van der Waals surface area contributed by atoms with Gasteiger partial charge in [-0.05, 0) is 31.0 Å². The Morgan fingerprint density at radius 1 is 1.32 bits per heavy atom. The summed E-state index contributed by atoms with van der Waals surface area (Å²) in [5.74, 6) is -2.78. The number of rotatable bonds is 3. The van der Waals surface area contributed by atoms with Crippen molar-refractivity contribution in [3.8, 4) is 11.3 Å². The fraction of sp³-hybridized carbons (Fsp3) is 0.222. The maximum atomic E-state index is 14.3. The van der Waals surface area contributed by atoms with Gasteiger partial charge in [0.15, 0.2) is 23.1 Å². The number of H-pyrrole nitrogens is 1. The van der Waals surface area contributed by atoms with Crippen LogP contribution in [0.1, 0.15) is 12.0 Å². The van der Waals surface area contributed by atoms with E-state index < -0.39 is 29.6 Å². The minimum Gasteiger partial charge on any atom is -0.309 e. The van der Waals surface area contributed by atoms with Crippen LogP contribution >= 0.6 is 0 Å². The van der Waals surface area contributed by atoms with Gasteiger partial charge in [0.1, 0.15) is 11.7 Å². The van der Waals surface area contributed by atoms with E-state index in [0.717, 1.165) is 0 Å². The van der Waals surface area contributed by atoms with Gasteiger partial charge in [-0.25, -0.2) is 22.7 Å². The normalized spacial score (nSPS) is 18.7. The lowest BCUT2D eigenvalue weighted by Crippen LogP contribution is -2.15. The Hall–Kier alpha value is -3.43. The topological polar surface area (TPSA) is 88.0 Å². The molecule has 1 fully saturated rings. The summed E-state index contributed by atoms with van der Waals surface area (Å²) < 4.78 is 42.9. The maximum absolute atomic E-state index is 14.3. The first-order valence-electron chi connectivity index (χ1n) is 8.56. The Balaban J connectivity index is 1.58. The van der Waals surface area contributed by atoms with Crippen molar-refractivity contribution in [1.29, 1.82) is 0 Å². The monoisotopic (exact) mass is 386 g/mol. The predicted octanol–water partition coefficient (Wildman–Crippen LogP) is 3.16. The van der Waals surface area contributed by atoms with Crippen LogP contribution in [0, 0.1) is 24.5 Å². The van der Waals surface area contributed by atoms with Crippen molar-refractivity contribution < 1.29 is 18.0 Å². The van der Waals surface area contributed by atoms with Crippen LogP contribution in [0.3, 0.4) is 0 Å². The number of amides is 1. The first-order valence-corrected chi connectivity index (χ1v) is 8.56. The second-order valence-corrected chi connectivity index (χ2v) is 6.78. The molecule has 28 heavy (non-hydrogen) atoms. The van der Waals surface area contributed by atoms with Crippen LogP contribution in [-0.2, 0) is 4.79 Å². The summed E-state index contributed by atoms with van der Waals surface area (Å²) in [4.78, 5) is 16.1. The third kappa shape index (κ3) is 2.44. The molecule has 1 saturated carbocycles. The van der Waals surface area contributed by atoms with Gasteiger partial charge in [0.25, 0.3) is 0 Å². The van der Waals surface area contributed by atoms with Gasteiger partial charge in [0, 0.05) is 10.9 Å². The van der Waals surface area contributed by atoms with E-state index in [1.807, 2.05) is 0 Å². The molecule has 2 atom stereocenters. The van der Waals surface area contributed by atoms with Crippen molar-refractivity contribution in [1.82, 2.24) is 24.8 Å². The number of alkyl halides is 1. The average Bonchev–Trinajstić information content (AvgIpc) is 3.06. The summed E-state index contributed by atoms with van der Waals surface area (Å²) in [5, 5.41) is 13.6. The van der Waals surface area contributed by atoms with E-state index in [0.29, 0.717) is 22.3 Å². The van der Waals surface area contributed by atoms with Gasteiger partial charge in [-0.15, -0.1) is 0 Å². The van der Waals surface area contributed by atoms with Crippen molar-refractivity contribution in [2.75, 3.05) is 5.32 Å². The number of aromatic amines is 1. The van der Waals surface area contributed by atoms with Crippen LogP contribution in [0.5, 0.6) is 0 Å². The molecule has 1 amide bonds. The highest BCUT2D eigenvalue weighted by molar-refractivity contribution is 5.96. The number of aromatic nitrogens is 5. The molecular formula is C18H13F3N6O. The van der Waals surface area contributed by atoms with Crippen LogP contribution < -0.4 is 5.32 Å². The van der Waals surface area contributed by atoms with Crippen molar-refractivity contribution in [3.05, 3.63) is 41.7 Å². The molecule has 0 aliphatic heterocycles. The number of carbonyl (C=O) groups is 1. The molecule has 2 N–H and O–H groups in total. The van der Waals surface area contributed by atoms with Crippen molar-refractivity contribution in [3.63, 3.8) is 0 Å². The van der Waals surface area contributed by atoms with Gasteiger partial charge < -0.3 is 5.32 Å². The highest BCUT2D eigenvalue weighted by Crippen LogP contribution is 2.35. The number of fused-ring (bicyclic) bond motifs is 2. The number of hydrogen-bond acceptors (Lipinski definition) is 4. The maximum Gasteiger partial charge on any atom is 0.231 e. The largest absolute Gasteiger partial charge is 0.309 e. The highest BCUT2D eigenvalue weighted by atomic mass is 19.2. The third-order valence-corrected chi connectivity index (χ3v) is 4.90. The molecule has 0 spiro atoms. The standard InChI is InChI=1S/C18H13F3N6O/c1-7-14(9-5-22-25-17(9)16(21)15(7)20)11-2-3-13-23-12(6-27(13)26-11)24-18(28)8-4-10(8)19/h2-3,5-6,8,10H,4H2,1H3,(H,22,25)(H,24,28)/t8-,10+/m1/s1. The second kappa shape index (κ2) is 5.78. The zero-order valence-electron chi connectivity index (χ0n) is 14.5. The smallest absolute Gasteiger partial charge is 0.231 e. The lowest BCUT2D eigenvalue weighted by atomic mass is 10.00.